The molecule has 0 N–H and O–H groups in total. The summed E-state index contributed by atoms with van der Waals surface area (Å²) < 4.78 is 21.1. The van der Waals surface area contributed by atoms with Gasteiger partial charge in [-0.1, -0.05) is 36.4 Å². The van der Waals surface area contributed by atoms with Gasteiger partial charge in [0.15, 0.2) is 0 Å². The third kappa shape index (κ3) is 4.94. The van der Waals surface area contributed by atoms with Crippen molar-refractivity contribution in [1.29, 1.82) is 10.5 Å². The summed E-state index contributed by atoms with van der Waals surface area (Å²) in [4.78, 5) is 23.6. The van der Waals surface area contributed by atoms with E-state index in [0.717, 1.165) is 42.9 Å². The van der Waals surface area contributed by atoms with Crippen molar-refractivity contribution in [2.75, 3.05) is 44.2 Å². The minimum Gasteiger partial charge on any atom is -0.475 e. The van der Waals surface area contributed by atoms with E-state index in [-0.39, 0.29) is 30.4 Å². The Bertz CT molecular complexity index is 1900. The lowest BCUT2D eigenvalue weighted by molar-refractivity contribution is -0.128. The molecule has 47 heavy (non-hydrogen) atoms. The summed E-state index contributed by atoms with van der Waals surface area (Å²) in [6, 6.07) is 14.6. The molecular formula is C37H36ClFN6O2. The van der Waals surface area contributed by atoms with Crippen molar-refractivity contribution in [1.82, 2.24) is 14.8 Å². The summed E-state index contributed by atoms with van der Waals surface area (Å²) in [5.41, 5.74) is 5.94. The largest absolute Gasteiger partial charge is 0.475 e. The average molecular weight is 651 g/mol. The second-order valence-corrected chi connectivity index (χ2v) is 14.3. The summed E-state index contributed by atoms with van der Waals surface area (Å²) in [7, 11) is 0. The molecule has 0 spiro atoms. The molecule has 5 atom stereocenters. The average Bonchev–Trinajstić information content (AvgIpc) is 3.39. The highest BCUT2D eigenvalue weighted by Crippen LogP contribution is 2.59. The molecule has 3 aliphatic heterocycles. The van der Waals surface area contributed by atoms with Crippen molar-refractivity contribution in [3.8, 4) is 29.1 Å². The number of carbonyl (C=O) groups is 1. The van der Waals surface area contributed by atoms with Crippen LogP contribution in [0.1, 0.15) is 54.7 Å². The highest BCUT2D eigenvalue weighted by Gasteiger charge is 2.50. The minimum absolute atomic E-state index is 0.138. The molecule has 8 nitrogen and oxygen atoms in total. The molecule has 3 unspecified atom stereocenters. The smallest absolute Gasteiger partial charge is 0.246 e. The van der Waals surface area contributed by atoms with Gasteiger partial charge in [-0.3, -0.25) is 9.69 Å². The first-order valence-corrected chi connectivity index (χ1v) is 17.0. The molecule has 2 aromatic carbocycles. The van der Waals surface area contributed by atoms with E-state index in [0.29, 0.717) is 60.1 Å². The number of anilines is 1. The molecule has 1 aromatic heterocycles. The number of halogens is 2. The van der Waals surface area contributed by atoms with Crippen LogP contribution in [0.3, 0.4) is 0 Å². The number of alkyl halides is 1. The predicted octanol–water partition coefficient (Wildman–Crippen LogP) is 6.16. The van der Waals surface area contributed by atoms with Crippen LogP contribution >= 0.6 is 11.6 Å². The van der Waals surface area contributed by atoms with Gasteiger partial charge in [0.25, 0.3) is 0 Å². The summed E-state index contributed by atoms with van der Waals surface area (Å²) in [5.74, 6) is 1.28. The number of hydrogen-bond acceptors (Lipinski definition) is 7. The fourth-order valence-corrected chi connectivity index (χ4v) is 9.22. The van der Waals surface area contributed by atoms with E-state index in [1.165, 1.54) is 23.6 Å². The summed E-state index contributed by atoms with van der Waals surface area (Å²) in [5, 5.41) is 21.6. The molecule has 1 saturated carbocycles. The first-order chi connectivity index (χ1) is 22.8. The Morgan fingerprint density at radius 1 is 1.21 bits per heavy atom. The number of amides is 1. The third-order valence-electron chi connectivity index (χ3n) is 11.2. The van der Waals surface area contributed by atoms with Crippen LogP contribution in [-0.2, 0) is 11.2 Å². The van der Waals surface area contributed by atoms with Gasteiger partial charge in [0, 0.05) is 48.6 Å². The van der Waals surface area contributed by atoms with Crippen LogP contribution in [0.2, 0.25) is 5.02 Å². The van der Waals surface area contributed by atoms with E-state index in [9.17, 15) is 19.7 Å². The Kier molecular flexibility index (Phi) is 7.39. The van der Waals surface area contributed by atoms with E-state index in [2.05, 4.69) is 46.7 Å². The maximum Gasteiger partial charge on any atom is 0.246 e. The molecule has 3 saturated heterocycles. The highest BCUT2D eigenvalue weighted by molar-refractivity contribution is 6.34. The zero-order valence-corrected chi connectivity index (χ0v) is 27.0. The molecular weight excluding hydrogens is 615 g/mol. The van der Waals surface area contributed by atoms with E-state index in [1.54, 1.807) is 4.90 Å². The van der Waals surface area contributed by atoms with Gasteiger partial charge in [0.1, 0.15) is 24.4 Å². The van der Waals surface area contributed by atoms with Crippen LogP contribution in [0.15, 0.2) is 43.0 Å². The van der Waals surface area contributed by atoms with Gasteiger partial charge in [0.2, 0.25) is 11.8 Å². The second-order valence-electron chi connectivity index (χ2n) is 13.8. The summed E-state index contributed by atoms with van der Waals surface area (Å²) >= 11 is 7.12. The van der Waals surface area contributed by atoms with Gasteiger partial charge >= 0.3 is 0 Å². The SMILES string of the molecule is C=CC(=O)N1CCN(c2c(C#N)c(OCC34CCCN3C[C@H](F)C4)nc3cc(-c4cccc5c4C4CC4C5)c(Cl)cc23)C[C@@H]1CC#N. The Balaban J connectivity index is 1.25. The van der Waals surface area contributed by atoms with Gasteiger partial charge in [-0.05, 0) is 79.0 Å². The second kappa shape index (κ2) is 11.5. The van der Waals surface area contributed by atoms with Crippen molar-refractivity contribution in [2.45, 2.75) is 62.2 Å². The monoisotopic (exact) mass is 650 g/mol. The molecule has 1 amide bonds. The molecule has 0 bridgehead atoms. The van der Waals surface area contributed by atoms with Crippen LogP contribution in [0.4, 0.5) is 10.1 Å². The number of rotatable bonds is 7. The molecule has 3 aromatic rings. The first-order valence-electron chi connectivity index (χ1n) is 16.6. The zero-order valence-electron chi connectivity index (χ0n) is 26.2. The number of nitrogens with zero attached hydrogens (tertiary/aromatic N) is 6. The minimum atomic E-state index is -0.899. The normalized spacial score (nSPS) is 27.6. The number of pyridine rings is 1. The van der Waals surface area contributed by atoms with Crippen LogP contribution in [-0.4, -0.2) is 77.8 Å². The number of benzene rings is 2. The third-order valence-corrected chi connectivity index (χ3v) is 11.5. The molecule has 4 fully saturated rings. The summed E-state index contributed by atoms with van der Waals surface area (Å²) in [6.07, 6.45) is 5.06. The lowest BCUT2D eigenvalue weighted by Gasteiger charge is -2.42. The lowest BCUT2D eigenvalue weighted by atomic mass is 9.93. The van der Waals surface area contributed by atoms with E-state index in [1.807, 2.05) is 12.1 Å². The zero-order chi connectivity index (χ0) is 32.4. The van der Waals surface area contributed by atoms with E-state index < -0.39 is 17.8 Å². The Morgan fingerprint density at radius 3 is 2.89 bits per heavy atom. The molecule has 2 aliphatic carbocycles. The number of piperazine rings is 1. The van der Waals surface area contributed by atoms with Gasteiger partial charge in [-0.25, -0.2) is 9.37 Å². The Hall–Kier alpha value is -4.18. The number of ether oxygens (including phenoxy) is 1. The van der Waals surface area contributed by atoms with Gasteiger partial charge in [-0.15, -0.1) is 0 Å². The van der Waals surface area contributed by atoms with Crippen molar-refractivity contribution in [3.05, 3.63) is 64.7 Å². The van der Waals surface area contributed by atoms with E-state index >= 15 is 0 Å². The fourth-order valence-electron chi connectivity index (χ4n) is 8.96. The number of carbonyl (C=O) groups excluding carboxylic acids is 1. The van der Waals surface area contributed by atoms with Gasteiger partial charge in [0.05, 0.1) is 35.3 Å². The standard InChI is InChI=1S/C37H36ClFN6O2/c1-2-33(46)45-12-11-43(20-25(45)7-9-40)35-29-15-31(38)28(26-6-3-5-22-13-23-14-27(23)34(22)26)16-32(29)42-36(30(35)18-41)47-21-37-8-4-10-44(37)19-24(39)17-37/h2-3,5-6,15-16,23-25,27H,1,4,7-8,10-14,17,19-21H2/t23?,24-,25+,27?,37?/m1/s1. The van der Waals surface area contributed by atoms with Crippen LogP contribution in [0.5, 0.6) is 5.88 Å². The van der Waals surface area contributed by atoms with Crippen molar-refractivity contribution in [2.24, 2.45) is 5.92 Å². The maximum absolute atomic E-state index is 14.6. The topological polar surface area (TPSA) is 96.5 Å². The summed E-state index contributed by atoms with van der Waals surface area (Å²) in [6.45, 7) is 6.27. The van der Waals surface area contributed by atoms with Crippen LogP contribution in [0, 0.1) is 28.6 Å². The molecule has 240 valence electrons. The first kappa shape index (κ1) is 30.2. The highest BCUT2D eigenvalue weighted by atomic mass is 35.5. The quantitative estimate of drug-likeness (QED) is 0.283. The molecule has 0 radical (unpaired) electrons. The van der Waals surface area contributed by atoms with Crippen LogP contribution < -0.4 is 9.64 Å². The number of hydrogen-bond donors (Lipinski definition) is 0. The number of fused-ring (bicyclic) bond motifs is 5. The van der Waals surface area contributed by atoms with Gasteiger partial charge in [-0.2, -0.15) is 10.5 Å². The van der Waals surface area contributed by atoms with Crippen LogP contribution in [0.25, 0.3) is 22.0 Å². The van der Waals surface area contributed by atoms with E-state index in [4.69, 9.17) is 21.3 Å². The van der Waals surface area contributed by atoms with Crippen molar-refractivity contribution >= 4 is 34.1 Å². The van der Waals surface area contributed by atoms with Gasteiger partial charge < -0.3 is 14.5 Å². The fraction of sp³-hybridized carbons (Fsp3) is 0.459. The molecule has 4 heterocycles. The Labute approximate surface area is 279 Å². The number of aromatic nitrogens is 1. The molecule has 5 aliphatic rings. The lowest BCUT2D eigenvalue weighted by Crippen LogP contribution is -2.55. The van der Waals surface area contributed by atoms with Crippen molar-refractivity contribution in [3.63, 3.8) is 0 Å². The maximum atomic E-state index is 14.6. The Morgan fingerprint density at radius 2 is 2.09 bits per heavy atom. The molecule has 10 heteroatoms. The predicted molar refractivity (Wildman–Crippen MR) is 178 cm³/mol. The van der Waals surface area contributed by atoms with Crippen molar-refractivity contribution < 1.29 is 13.9 Å². The molecule has 8 rings (SSSR count). The number of nitriles is 2.